The van der Waals surface area contributed by atoms with Crippen LogP contribution in [-0.2, 0) is 9.59 Å². The van der Waals surface area contributed by atoms with Crippen molar-refractivity contribution in [1.29, 1.82) is 0 Å². The molecule has 2 heterocycles. The Morgan fingerprint density at radius 3 is 2.79 bits per heavy atom. The summed E-state index contributed by atoms with van der Waals surface area (Å²) in [6.45, 7) is 3.14. The minimum absolute atomic E-state index is 0.0607. The van der Waals surface area contributed by atoms with Crippen LogP contribution < -0.4 is 10.2 Å². The van der Waals surface area contributed by atoms with Gasteiger partial charge < -0.3 is 4.90 Å². The molecule has 0 aliphatic heterocycles. The van der Waals surface area contributed by atoms with Crippen LogP contribution in [0.2, 0.25) is 0 Å². The number of aromatic nitrogens is 4. The summed E-state index contributed by atoms with van der Waals surface area (Å²) in [7, 11) is 0. The molecule has 0 bridgehead atoms. The van der Waals surface area contributed by atoms with Gasteiger partial charge in [0.1, 0.15) is 18.1 Å². The van der Waals surface area contributed by atoms with Crippen molar-refractivity contribution in [1.82, 2.24) is 20.2 Å². The van der Waals surface area contributed by atoms with E-state index in [0.717, 1.165) is 0 Å². The lowest BCUT2D eigenvalue weighted by atomic mass is 10.1. The predicted molar refractivity (Wildman–Crippen MR) is 102 cm³/mol. The molecule has 2 aromatic heterocycles. The molecule has 0 spiro atoms. The Hall–Kier alpha value is -3.62. The van der Waals surface area contributed by atoms with Crippen molar-refractivity contribution in [3.05, 3.63) is 54.0 Å². The third-order valence-electron chi connectivity index (χ3n) is 4.01. The van der Waals surface area contributed by atoms with Gasteiger partial charge >= 0.3 is 0 Å². The molecule has 0 fully saturated rings. The van der Waals surface area contributed by atoms with E-state index in [4.69, 9.17) is 0 Å². The van der Waals surface area contributed by atoms with Crippen molar-refractivity contribution in [3.8, 4) is 11.5 Å². The molecule has 1 aromatic carbocycles. The Morgan fingerprint density at radius 1 is 1.25 bits per heavy atom. The lowest BCUT2D eigenvalue weighted by molar-refractivity contribution is -0.121. The van der Waals surface area contributed by atoms with Gasteiger partial charge in [-0.2, -0.15) is 4.98 Å². The number of benzene rings is 1. The number of pyridine rings is 1. The minimum atomic E-state index is -0.503. The number of H-pyrrole nitrogens is 1. The summed E-state index contributed by atoms with van der Waals surface area (Å²) < 4.78 is 13.7. The van der Waals surface area contributed by atoms with Crippen LogP contribution in [0.15, 0.2) is 42.6 Å². The minimum Gasteiger partial charge on any atom is -0.303 e. The fourth-order valence-electron chi connectivity index (χ4n) is 2.61. The highest BCUT2D eigenvalue weighted by molar-refractivity contribution is 6.02. The fraction of sp³-hybridized carbons (Fsp3) is 0.211. The van der Waals surface area contributed by atoms with Gasteiger partial charge in [-0.25, -0.2) is 4.39 Å². The Morgan fingerprint density at radius 2 is 2.07 bits per heavy atom. The molecule has 0 saturated heterocycles. The van der Waals surface area contributed by atoms with Gasteiger partial charge in [-0.15, -0.1) is 5.10 Å². The first kappa shape index (κ1) is 19.2. The number of carbonyl (C=O) groups is 2. The number of aryl methyl sites for hydroxylation is 1. The summed E-state index contributed by atoms with van der Waals surface area (Å²) in [5, 5.41) is 9.17. The van der Waals surface area contributed by atoms with Crippen molar-refractivity contribution in [3.63, 3.8) is 0 Å². The third kappa shape index (κ3) is 4.37. The normalized spacial score (nSPS) is 10.5. The molecule has 8 nitrogen and oxygen atoms in total. The second kappa shape index (κ2) is 8.38. The van der Waals surface area contributed by atoms with E-state index in [1.807, 2.05) is 0 Å². The van der Waals surface area contributed by atoms with Crippen LogP contribution in [-0.4, -0.2) is 38.5 Å². The van der Waals surface area contributed by atoms with Gasteiger partial charge in [0.25, 0.3) is 0 Å². The summed E-state index contributed by atoms with van der Waals surface area (Å²) in [4.78, 5) is 34.4. The first-order valence-corrected chi connectivity index (χ1v) is 8.68. The number of anilines is 2. The SMILES string of the molecule is CCC(=O)N(CC(=O)Nc1n[nH]c(-c2ccccn2)n1)c1cc(F)ccc1C. The molecule has 2 N–H and O–H groups in total. The van der Waals surface area contributed by atoms with Gasteiger partial charge in [0.15, 0.2) is 5.82 Å². The lowest BCUT2D eigenvalue weighted by Crippen LogP contribution is -2.38. The van der Waals surface area contributed by atoms with Crippen LogP contribution >= 0.6 is 0 Å². The van der Waals surface area contributed by atoms with Crippen molar-refractivity contribution >= 4 is 23.5 Å². The van der Waals surface area contributed by atoms with Crippen LogP contribution in [0, 0.1) is 12.7 Å². The van der Waals surface area contributed by atoms with E-state index in [2.05, 4.69) is 25.5 Å². The number of halogens is 1. The van der Waals surface area contributed by atoms with Crippen LogP contribution in [0.25, 0.3) is 11.5 Å². The topological polar surface area (TPSA) is 104 Å². The molecule has 0 radical (unpaired) electrons. The largest absolute Gasteiger partial charge is 0.303 e. The number of amides is 2. The maximum atomic E-state index is 13.7. The van der Waals surface area contributed by atoms with E-state index in [1.165, 1.54) is 17.0 Å². The highest BCUT2D eigenvalue weighted by atomic mass is 19.1. The standard InChI is InChI=1S/C19H19FN6O2/c1-3-17(28)26(15-10-13(20)8-7-12(15)2)11-16(27)22-19-23-18(24-25-19)14-6-4-5-9-21-14/h4-10H,3,11H2,1-2H3,(H2,22,23,24,25,27). The number of hydrogen-bond donors (Lipinski definition) is 2. The zero-order valence-corrected chi connectivity index (χ0v) is 15.4. The quantitative estimate of drug-likeness (QED) is 0.682. The molecule has 9 heteroatoms. The molecule has 2 amide bonds. The van der Waals surface area contributed by atoms with Gasteiger partial charge in [0, 0.05) is 12.6 Å². The van der Waals surface area contributed by atoms with Crippen LogP contribution in [0.1, 0.15) is 18.9 Å². The Kier molecular flexibility index (Phi) is 5.73. The molecule has 3 aromatic rings. The van der Waals surface area contributed by atoms with Crippen molar-refractivity contribution < 1.29 is 14.0 Å². The zero-order valence-electron chi connectivity index (χ0n) is 15.4. The predicted octanol–water partition coefficient (Wildman–Crippen LogP) is 2.70. The van der Waals surface area contributed by atoms with Gasteiger partial charge in [0.05, 0.1) is 5.69 Å². The summed E-state index contributed by atoms with van der Waals surface area (Å²) in [6.07, 6.45) is 1.79. The number of aromatic amines is 1. The molecule has 0 atom stereocenters. The first-order valence-electron chi connectivity index (χ1n) is 8.68. The van der Waals surface area contributed by atoms with Crippen LogP contribution in [0.4, 0.5) is 16.0 Å². The average Bonchev–Trinajstić information content (AvgIpc) is 3.16. The van der Waals surface area contributed by atoms with E-state index in [0.29, 0.717) is 22.8 Å². The Labute approximate surface area is 160 Å². The zero-order chi connectivity index (χ0) is 20.1. The third-order valence-corrected chi connectivity index (χ3v) is 4.01. The van der Waals surface area contributed by atoms with Crippen molar-refractivity contribution in [2.75, 3.05) is 16.8 Å². The molecule has 0 aliphatic rings. The summed E-state index contributed by atoms with van der Waals surface area (Å²) in [6, 6.07) is 9.44. The van der Waals surface area contributed by atoms with Gasteiger partial charge in [-0.3, -0.25) is 25.0 Å². The highest BCUT2D eigenvalue weighted by Gasteiger charge is 2.21. The van der Waals surface area contributed by atoms with Crippen LogP contribution in [0.3, 0.4) is 0 Å². The summed E-state index contributed by atoms with van der Waals surface area (Å²) >= 11 is 0. The van der Waals surface area contributed by atoms with Gasteiger partial charge in [-0.1, -0.05) is 19.1 Å². The van der Waals surface area contributed by atoms with Gasteiger partial charge in [-0.05, 0) is 36.8 Å². The number of nitrogens with one attached hydrogen (secondary N) is 2. The average molecular weight is 382 g/mol. The molecule has 28 heavy (non-hydrogen) atoms. The van der Waals surface area contributed by atoms with Crippen molar-refractivity contribution in [2.45, 2.75) is 20.3 Å². The smallest absolute Gasteiger partial charge is 0.249 e. The first-order chi connectivity index (χ1) is 13.5. The number of hydrogen-bond acceptors (Lipinski definition) is 5. The maximum Gasteiger partial charge on any atom is 0.249 e. The molecular weight excluding hydrogens is 363 g/mol. The van der Waals surface area contributed by atoms with Crippen LogP contribution in [0.5, 0.6) is 0 Å². The summed E-state index contributed by atoms with van der Waals surface area (Å²) in [5.41, 5.74) is 1.62. The monoisotopic (exact) mass is 382 g/mol. The fourth-order valence-corrected chi connectivity index (χ4v) is 2.61. The molecular formula is C19H19FN6O2. The number of nitrogens with zero attached hydrogens (tertiary/aromatic N) is 4. The molecule has 144 valence electrons. The second-order valence-corrected chi connectivity index (χ2v) is 6.04. The van der Waals surface area contributed by atoms with E-state index in [-0.39, 0.29) is 24.8 Å². The Bertz CT molecular complexity index is 989. The van der Waals surface area contributed by atoms with E-state index in [1.54, 1.807) is 44.3 Å². The van der Waals surface area contributed by atoms with Gasteiger partial charge in [0.2, 0.25) is 17.8 Å². The van der Waals surface area contributed by atoms with E-state index >= 15 is 0 Å². The van der Waals surface area contributed by atoms with E-state index < -0.39 is 11.7 Å². The number of rotatable bonds is 6. The maximum absolute atomic E-state index is 13.7. The lowest BCUT2D eigenvalue weighted by Gasteiger charge is -2.23. The molecule has 0 unspecified atom stereocenters. The number of carbonyl (C=O) groups excluding carboxylic acids is 2. The summed E-state index contributed by atoms with van der Waals surface area (Å²) in [5.74, 6) is -0.821. The second-order valence-electron chi connectivity index (χ2n) is 6.04. The molecule has 0 saturated carbocycles. The molecule has 3 rings (SSSR count). The van der Waals surface area contributed by atoms with E-state index in [9.17, 15) is 14.0 Å². The van der Waals surface area contributed by atoms with Crippen molar-refractivity contribution in [2.24, 2.45) is 0 Å². The highest BCUT2D eigenvalue weighted by Crippen LogP contribution is 2.22. The molecule has 0 aliphatic carbocycles. The Balaban J connectivity index is 1.75.